The van der Waals surface area contributed by atoms with E-state index in [2.05, 4.69) is 10.3 Å². The van der Waals surface area contributed by atoms with E-state index in [1.54, 1.807) is 0 Å². The molecule has 0 saturated heterocycles. The van der Waals surface area contributed by atoms with Gasteiger partial charge in [0.2, 0.25) is 5.91 Å². The van der Waals surface area contributed by atoms with Crippen molar-refractivity contribution >= 4 is 17.2 Å². The third-order valence-electron chi connectivity index (χ3n) is 3.66. The zero-order valence-corrected chi connectivity index (χ0v) is 14.2. The Morgan fingerprint density at radius 2 is 1.88 bits per heavy atom. The molecule has 1 heterocycles. The number of nitrogens with zero attached hydrogens (tertiary/aromatic N) is 1. The number of hydrogen-bond acceptors (Lipinski definition) is 3. The first kappa shape index (κ1) is 17.2. The summed E-state index contributed by atoms with van der Waals surface area (Å²) in [4.78, 5) is 16.4. The Kier molecular flexibility index (Phi) is 5.50. The molecule has 6 heteroatoms. The minimum atomic E-state index is -0.895. The minimum Gasteiger partial charge on any atom is -0.350 e. The summed E-state index contributed by atoms with van der Waals surface area (Å²) in [7, 11) is 0. The average molecular weight is 358 g/mol. The van der Waals surface area contributed by atoms with Gasteiger partial charge in [-0.05, 0) is 24.1 Å². The van der Waals surface area contributed by atoms with Crippen molar-refractivity contribution in [2.45, 2.75) is 19.4 Å². The van der Waals surface area contributed by atoms with Gasteiger partial charge >= 0.3 is 0 Å². The molecule has 0 spiro atoms. The molecule has 25 heavy (non-hydrogen) atoms. The topological polar surface area (TPSA) is 42.0 Å². The molecule has 0 fully saturated rings. The van der Waals surface area contributed by atoms with Crippen molar-refractivity contribution in [1.29, 1.82) is 0 Å². The predicted molar refractivity (Wildman–Crippen MR) is 94.1 cm³/mol. The van der Waals surface area contributed by atoms with Crippen LogP contribution < -0.4 is 5.32 Å². The fourth-order valence-corrected chi connectivity index (χ4v) is 3.16. The van der Waals surface area contributed by atoms with E-state index in [4.69, 9.17) is 0 Å². The summed E-state index contributed by atoms with van der Waals surface area (Å²) in [6, 6.07) is 13.5. The van der Waals surface area contributed by atoms with Gasteiger partial charge in [-0.3, -0.25) is 4.79 Å². The van der Waals surface area contributed by atoms with E-state index in [1.807, 2.05) is 35.7 Å². The summed E-state index contributed by atoms with van der Waals surface area (Å²) in [5, 5.41) is 5.62. The van der Waals surface area contributed by atoms with E-state index in [0.717, 1.165) is 28.4 Å². The highest BCUT2D eigenvalue weighted by Crippen LogP contribution is 2.23. The summed E-state index contributed by atoms with van der Waals surface area (Å²) in [6.45, 7) is 0.347. The van der Waals surface area contributed by atoms with Crippen LogP contribution in [0, 0.1) is 11.6 Å². The maximum Gasteiger partial charge on any atom is 0.220 e. The SMILES string of the molecule is O=C(CCc1ccc(F)c(F)c1)NCc1csc(-c2ccccc2)n1. The molecular formula is C19H16F2N2OS. The maximum atomic E-state index is 13.1. The van der Waals surface area contributed by atoms with Gasteiger partial charge in [0.15, 0.2) is 11.6 Å². The molecular weight excluding hydrogens is 342 g/mol. The number of thiazole rings is 1. The van der Waals surface area contributed by atoms with Gasteiger partial charge in [0.05, 0.1) is 12.2 Å². The number of carbonyl (C=O) groups excluding carboxylic acids is 1. The van der Waals surface area contributed by atoms with Gasteiger partial charge in [-0.15, -0.1) is 11.3 Å². The second kappa shape index (κ2) is 7.98. The molecule has 2 aromatic carbocycles. The smallest absolute Gasteiger partial charge is 0.220 e. The number of aryl methyl sites for hydroxylation is 1. The van der Waals surface area contributed by atoms with Gasteiger partial charge in [-0.25, -0.2) is 13.8 Å². The van der Waals surface area contributed by atoms with Crippen LogP contribution in [0.15, 0.2) is 53.9 Å². The molecule has 3 aromatic rings. The zero-order chi connectivity index (χ0) is 17.6. The molecule has 0 saturated carbocycles. The van der Waals surface area contributed by atoms with Gasteiger partial charge in [-0.1, -0.05) is 36.4 Å². The molecule has 0 aliphatic carbocycles. The minimum absolute atomic E-state index is 0.154. The molecule has 0 atom stereocenters. The van der Waals surface area contributed by atoms with Crippen LogP contribution in [0.3, 0.4) is 0 Å². The largest absolute Gasteiger partial charge is 0.350 e. The summed E-state index contributed by atoms with van der Waals surface area (Å²) in [6.07, 6.45) is 0.566. The monoisotopic (exact) mass is 358 g/mol. The number of amides is 1. The van der Waals surface area contributed by atoms with Crippen LogP contribution in [-0.2, 0) is 17.8 Å². The lowest BCUT2D eigenvalue weighted by atomic mass is 10.1. The Labute approximate surface area is 148 Å². The normalized spacial score (nSPS) is 10.6. The van der Waals surface area contributed by atoms with Crippen LogP contribution in [0.25, 0.3) is 10.6 Å². The number of aromatic nitrogens is 1. The average Bonchev–Trinajstić information content (AvgIpc) is 3.11. The molecule has 0 aliphatic heterocycles. The Bertz CT molecular complexity index is 865. The summed E-state index contributed by atoms with van der Waals surface area (Å²) >= 11 is 1.53. The molecule has 3 nitrogen and oxygen atoms in total. The standard InChI is InChI=1S/C19H16F2N2OS/c20-16-8-6-13(10-17(16)21)7-9-18(24)22-11-15-12-25-19(23-15)14-4-2-1-3-5-14/h1-6,8,10,12H,7,9,11H2,(H,22,24). The molecule has 3 rings (SSSR count). The van der Waals surface area contributed by atoms with E-state index in [-0.39, 0.29) is 12.3 Å². The number of nitrogens with one attached hydrogen (secondary N) is 1. The van der Waals surface area contributed by atoms with E-state index >= 15 is 0 Å². The molecule has 0 aliphatic rings. The molecule has 128 valence electrons. The van der Waals surface area contributed by atoms with Crippen LogP contribution in [0.5, 0.6) is 0 Å². The van der Waals surface area contributed by atoms with Crippen LogP contribution in [0.4, 0.5) is 8.78 Å². The van der Waals surface area contributed by atoms with Crippen LogP contribution >= 0.6 is 11.3 Å². The van der Waals surface area contributed by atoms with E-state index in [9.17, 15) is 13.6 Å². The first-order valence-corrected chi connectivity index (χ1v) is 8.70. The first-order chi connectivity index (χ1) is 12.1. The lowest BCUT2D eigenvalue weighted by molar-refractivity contribution is -0.121. The molecule has 0 bridgehead atoms. The van der Waals surface area contributed by atoms with Crippen molar-refractivity contribution in [3.63, 3.8) is 0 Å². The van der Waals surface area contributed by atoms with E-state index in [1.165, 1.54) is 17.4 Å². The van der Waals surface area contributed by atoms with Gasteiger partial charge in [0.25, 0.3) is 0 Å². The lowest BCUT2D eigenvalue weighted by Crippen LogP contribution is -2.23. The number of carbonyl (C=O) groups is 1. The quantitative estimate of drug-likeness (QED) is 0.712. The van der Waals surface area contributed by atoms with Crippen molar-refractivity contribution in [1.82, 2.24) is 10.3 Å². The molecule has 0 unspecified atom stereocenters. The zero-order valence-electron chi connectivity index (χ0n) is 13.3. The number of benzene rings is 2. The van der Waals surface area contributed by atoms with Crippen LogP contribution in [0.1, 0.15) is 17.7 Å². The van der Waals surface area contributed by atoms with Crippen molar-refractivity contribution in [3.05, 3.63) is 76.8 Å². The van der Waals surface area contributed by atoms with Crippen molar-refractivity contribution < 1.29 is 13.6 Å². The Balaban J connectivity index is 1.49. The summed E-state index contributed by atoms with van der Waals surface area (Å²) < 4.78 is 26.0. The highest BCUT2D eigenvalue weighted by Gasteiger charge is 2.08. The third-order valence-corrected chi connectivity index (χ3v) is 4.60. The van der Waals surface area contributed by atoms with Crippen LogP contribution in [0.2, 0.25) is 0 Å². The Morgan fingerprint density at radius 3 is 2.64 bits per heavy atom. The lowest BCUT2D eigenvalue weighted by Gasteiger charge is -2.04. The fourth-order valence-electron chi connectivity index (χ4n) is 2.33. The number of hydrogen-bond donors (Lipinski definition) is 1. The Hall–Kier alpha value is -2.60. The summed E-state index contributed by atoms with van der Waals surface area (Å²) in [5.41, 5.74) is 2.43. The second-order valence-electron chi connectivity index (χ2n) is 5.54. The van der Waals surface area contributed by atoms with Crippen molar-refractivity contribution in [2.75, 3.05) is 0 Å². The maximum absolute atomic E-state index is 13.1. The molecule has 1 amide bonds. The second-order valence-corrected chi connectivity index (χ2v) is 6.39. The highest BCUT2D eigenvalue weighted by atomic mass is 32.1. The highest BCUT2D eigenvalue weighted by molar-refractivity contribution is 7.13. The van der Waals surface area contributed by atoms with E-state index in [0.29, 0.717) is 18.5 Å². The first-order valence-electron chi connectivity index (χ1n) is 7.82. The number of halogens is 2. The predicted octanol–water partition coefficient (Wildman–Crippen LogP) is 4.34. The molecule has 1 N–H and O–H groups in total. The van der Waals surface area contributed by atoms with Gasteiger partial charge < -0.3 is 5.32 Å². The van der Waals surface area contributed by atoms with Crippen molar-refractivity contribution in [2.24, 2.45) is 0 Å². The molecule has 1 aromatic heterocycles. The summed E-state index contributed by atoms with van der Waals surface area (Å²) in [5.74, 6) is -1.93. The third kappa shape index (κ3) is 4.70. The molecule has 0 radical (unpaired) electrons. The Morgan fingerprint density at radius 1 is 1.08 bits per heavy atom. The fraction of sp³-hybridized carbons (Fsp3) is 0.158. The van der Waals surface area contributed by atoms with Gasteiger partial charge in [0.1, 0.15) is 5.01 Å². The van der Waals surface area contributed by atoms with Gasteiger partial charge in [-0.2, -0.15) is 0 Å². The number of rotatable bonds is 6. The van der Waals surface area contributed by atoms with Gasteiger partial charge in [0, 0.05) is 17.4 Å². The van der Waals surface area contributed by atoms with Crippen molar-refractivity contribution in [3.8, 4) is 10.6 Å². The van der Waals surface area contributed by atoms with Crippen LogP contribution in [-0.4, -0.2) is 10.9 Å². The van der Waals surface area contributed by atoms with E-state index < -0.39 is 11.6 Å².